The molecule has 5 nitrogen and oxygen atoms in total. The minimum absolute atomic E-state index is 0.423. The third-order valence-corrected chi connectivity index (χ3v) is 6.64. The number of morpholine rings is 1. The smallest absolute Gasteiger partial charge is 0.313 e. The number of rotatable bonds is 2. The molecule has 118 valence electrons. The predicted molar refractivity (Wildman–Crippen MR) is 90.1 cm³/mol. The van der Waals surface area contributed by atoms with Crippen molar-refractivity contribution < 1.29 is 14.3 Å². The number of nitrogens with zero attached hydrogens (tertiary/aromatic N) is 1. The zero-order chi connectivity index (χ0) is 15.4. The Morgan fingerprint density at radius 1 is 1.18 bits per heavy atom. The zero-order valence-electron chi connectivity index (χ0n) is 12.1. The van der Waals surface area contributed by atoms with Crippen molar-refractivity contribution in [3.63, 3.8) is 0 Å². The van der Waals surface area contributed by atoms with E-state index in [2.05, 4.69) is 11.4 Å². The lowest BCUT2D eigenvalue weighted by atomic mass is 10.2. The summed E-state index contributed by atoms with van der Waals surface area (Å²) in [6, 6.07) is 7.76. The van der Waals surface area contributed by atoms with Crippen LogP contribution in [0.4, 0.5) is 5.69 Å². The van der Waals surface area contributed by atoms with Crippen LogP contribution < -0.4 is 5.32 Å². The first-order chi connectivity index (χ1) is 10.7. The number of anilines is 1. The molecule has 0 radical (unpaired) electrons. The van der Waals surface area contributed by atoms with Crippen LogP contribution in [0.3, 0.4) is 0 Å². The average molecular weight is 338 g/mol. The third-order valence-electron chi connectivity index (χ3n) is 3.53. The van der Waals surface area contributed by atoms with Gasteiger partial charge in [0.05, 0.1) is 17.8 Å². The molecule has 0 spiro atoms. The zero-order valence-corrected chi connectivity index (χ0v) is 13.8. The van der Waals surface area contributed by atoms with Crippen LogP contribution in [0.1, 0.15) is 10.1 Å². The van der Waals surface area contributed by atoms with Gasteiger partial charge in [0.1, 0.15) is 0 Å². The minimum atomic E-state index is -0.578. The number of hydrogen-bond donors (Lipinski definition) is 1. The SMILES string of the molecule is O=C(Nc1cccc(C2SCCS2)c1)C(=O)N1CCOCC1. The molecule has 0 saturated carbocycles. The molecule has 1 aromatic carbocycles. The third kappa shape index (κ3) is 3.77. The second kappa shape index (κ2) is 7.39. The number of nitrogens with one attached hydrogen (secondary N) is 1. The summed E-state index contributed by atoms with van der Waals surface area (Å²) in [7, 11) is 0. The van der Waals surface area contributed by atoms with Crippen molar-refractivity contribution in [1.29, 1.82) is 0 Å². The van der Waals surface area contributed by atoms with Gasteiger partial charge in [0.15, 0.2) is 0 Å². The number of benzene rings is 1. The molecule has 22 heavy (non-hydrogen) atoms. The quantitative estimate of drug-likeness (QED) is 0.836. The standard InChI is InChI=1S/C15H18N2O3S2/c18-13(14(19)17-4-6-20-7-5-17)16-12-3-1-2-11(10-12)15-21-8-9-22-15/h1-3,10,15H,4-9H2,(H,16,18). The number of hydrogen-bond acceptors (Lipinski definition) is 5. The van der Waals surface area contributed by atoms with E-state index in [1.807, 2.05) is 41.7 Å². The molecule has 2 aliphatic rings. The van der Waals surface area contributed by atoms with Gasteiger partial charge in [-0.3, -0.25) is 9.59 Å². The summed E-state index contributed by atoms with van der Waals surface area (Å²) in [5, 5.41) is 2.71. The highest BCUT2D eigenvalue weighted by molar-refractivity contribution is 8.19. The first-order valence-corrected chi connectivity index (χ1v) is 9.35. The predicted octanol–water partition coefficient (Wildman–Crippen LogP) is 1.96. The van der Waals surface area contributed by atoms with Crippen molar-refractivity contribution in [2.45, 2.75) is 4.58 Å². The number of carbonyl (C=O) groups is 2. The molecule has 2 fully saturated rings. The Hall–Kier alpha value is -1.18. The lowest BCUT2D eigenvalue weighted by Crippen LogP contribution is -2.45. The van der Waals surface area contributed by atoms with Crippen LogP contribution in [0.15, 0.2) is 24.3 Å². The van der Waals surface area contributed by atoms with Gasteiger partial charge < -0.3 is 15.0 Å². The van der Waals surface area contributed by atoms with Gasteiger partial charge in [0.25, 0.3) is 0 Å². The van der Waals surface area contributed by atoms with E-state index in [-0.39, 0.29) is 0 Å². The maximum Gasteiger partial charge on any atom is 0.313 e. The molecule has 0 unspecified atom stereocenters. The molecule has 1 N–H and O–H groups in total. The Kier molecular flexibility index (Phi) is 5.28. The molecule has 7 heteroatoms. The van der Waals surface area contributed by atoms with Crippen molar-refractivity contribution in [3.8, 4) is 0 Å². The summed E-state index contributed by atoms with van der Waals surface area (Å²) in [5.41, 5.74) is 1.86. The fraction of sp³-hybridized carbons (Fsp3) is 0.467. The largest absolute Gasteiger partial charge is 0.378 e. The van der Waals surface area contributed by atoms with Gasteiger partial charge in [-0.25, -0.2) is 0 Å². The molecule has 3 rings (SSSR count). The fourth-order valence-electron chi connectivity index (χ4n) is 2.41. The summed E-state index contributed by atoms with van der Waals surface area (Å²) >= 11 is 3.83. The molecule has 1 aromatic rings. The summed E-state index contributed by atoms with van der Waals surface area (Å²) in [4.78, 5) is 25.7. The lowest BCUT2D eigenvalue weighted by molar-refractivity contribution is -0.145. The molecular formula is C15H18N2O3S2. The molecule has 2 saturated heterocycles. The van der Waals surface area contributed by atoms with Gasteiger partial charge in [0, 0.05) is 30.3 Å². The topological polar surface area (TPSA) is 58.6 Å². The van der Waals surface area contributed by atoms with Gasteiger partial charge in [-0.15, -0.1) is 23.5 Å². The van der Waals surface area contributed by atoms with E-state index in [0.717, 1.165) is 11.5 Å². The monoisotopic (exact) mass is 338 g/mol. The minimum Gasteiger partial charge on any atom is -0.378 e. The van der Waals surface area contributed by atoms with E-state index >= 15 is 0 Å². The molecule has 0 aromatic heterocycles. The lowest BCUT2D eigenvalue weighted by Gasteiger charge is -2.26. The molecular weight excluding hydrogens is 320 g/mol. The highest BCUT2D eigenvalue weighted by Gasteiger charge is 2.24. The molecule has 2 heterocycles. The van der Waals surface area contributed by atoms with Gasteiger partial charge in [0.2, 0.25) is 0 Å². The van der Waals surface area contributed by atoms with Crippen LogP contribution in [-0.2, 0) is 14.3 Å². The molecule has 2 amide bonds. The highest BCUT2D eigenvalue weighted by Crippen LogP contribution is 2.45. The van der Waals surface area contributed by atoms with Crippen molar-refractivity contribution >= 4 is 41.0 Å². The van der Waals surface area contributed by atoms with Crippen LogP contribution in [-0.4, -0.2) is 54.5 Å². The average Bonchev–Trinajstić information content (AvgIpc) is 3.10. The Balaban J connectivity index is 1.63. The first kappa shape index (κ1) is 15.7. The summed E-state index contributed by atoms with van der Waals surface area (Å²) in [6.45, 7) is 1.93. The molecule has 0 atom stereocenters. The van der Waals surface area contributed by atoms with Crippen molar-refractivity contribution in [2.75, 3.05) is 43.1 Å². The van der Waals surface area contributed by atoms with E-state index in [1.165, 1.54) is 10.5 Å². The summed E-state index contributed by atoms with van der Waals surface area (Å²) in [6.07, 6.45) is 0. The molecule has 0 aliphatic carbocycles. The maximum absolute atomic E-state index is 12.1. The van der Waals surface area contributed by atoms with E-state index in [4.69, 9.17) is 4.74 Å². The van der Waals surface area contributed by atoms with Gasteiger partial charge in [-0.05, 0) is 17.7 Å². The van der Waals surface area contributed by atoms with E-state index in [0.29, 0.717) is 36.6 Å². The van der Waals surface area contributed by atoms with Crippen LogP contribution in [0, 0.1) is 0 Å². The van der Waals surface area contributed by atoms with Crippen molar-refractivity contribution in [1.82, 2.24) is 4.90 Å². The van der Waals surface area contributed by atoms with Gasteiger partial charge in [-0.2, -0.15) is 0 Å². The molecule has 0 bridgehead atoms. The number of ether oxygens (including phenoxy) is 1. The maximum atomic E-state index is 12.1. The second-order valence-corrected chi connectivity index (χ2v) is 7.78. The van der Waals surface area contributed by atoms with Crippen LogP contribution in [0.25, 0.3) is 0 Å². The first-order valence-electron chi connectivity index (χ1n) is 7.25. The Morgan fingerprint density at radius 3 is 2.64 bits per heavy atom. The second-order valence-electron chi connectivity index (χ2n) is 5.06. The van der Waals surface area contributed by atoms with Crippen molar-refractivity contribution in [2.24, 2.45) is 0 Å². The number of carbonyl (C=O) groups excluding carboxylic acids is 2. The summed E-state index contributed by atoms with van der Waals surface area (Å²) < 4.78 is 5.61. The van der Waals surface area contributed by atoms with E-state index < -0.39 is 11.8 Å². The van der Waals surface area contributed by atoms with E-state index in [9.17, 15) is 9.59 Å². The van der Waals surface area contributed by atoms with Crippen molar-refractivity contribution in [3.05, 3.63) is 29.8 Å². The van der Waals surface area contributed by atoms with Gasteiger partial charge >= 0.3 is 11.8 Å². The normalized spacial score (nSPS) is 19.2. The Bertz CT molecular complexity index is 555. The summed E-state index contributed by atoms with van der Waals surface area (Å²) in [5.74, 6) is 1.24. The fourth-order valence-corrected chi connectivity index (χ4v) is 5.25. The Labute approximate surface area is 138 Å². The number of amides is 2. The van der Waals surface area contributed by atoms with Crippen LogP contribution >= 0.6 is 23.5 Å². The Morgan fingerprint density at radius 2 is 1.91 bits per heavy atom. The van der Waals surface area contributed by atoms with Crippen LogP contribution in [0.5, 0.6) is 0 Å². The van der Waals surface area contributed by atoms with E-state index in [1.54, 1.807) is 0 Å². The van der Waals surface area contributed by atoms with Gasteiger partial charge in [-0.1, -0.05) is 12.1 Å². The van der Waals surface area contributed by atoms with Crippen LogP contribution in [0.2, 0.25) is 0 Å². The number of thioether (sulfide) groups is 2. The highest BCUT2D eigenvalue weighted by atomic mass is 32.2. The molecule has 2 aliphatic heterocycles.